The number of carbonyl (C=O) groups excluding carboxylic acids is 6. The van der Waals surface area contributed by atoms with Crippen LogP contribution in [0.5, 0.6) is 17.2 Å². The van der Waals surface area contributed by atoms with Gasteiger partial charge in [-0.1, -0.05) is 127 Å². The normalized spacial score (nSPS) is 22.1. The van der Waals surface area contributed by atoms with Gasteiger partial charge in [0.2, 0.25) is 18.6 Å². The molecular formula is C64H61N5O13. The predicted octanol–water partition coefficient (Wildman–Crippen LogP) is 6.97. The third kappa shape index (κ3) is 10.0. The van der Waals surface area contributed by atoms with Crippen molar-refractivity contribution in [3.05, 3.63) is 191 Å². The number of esters is 3. The number of ether oxygens (including phenoxy) is 6. The first-order chi connectivity index (χ1) is 40.0. The van der Waals surface area contributed by atoms with Gasteiger partial charge in [-0.3, -0.25) is 33.8 Å². The number of piperazine rings is 1. The molecule has 6 aromatic rings. The van der Waals surface area contributed by atoms with Gasteiger partial charge in [-0.15, -0.1) is 0 Å². The minimum atomic E-state index is -2.18. The molecule has 5 aliphatic rings. The predicted molar refractivity (Wildman–Crippen MR) is 298 cm³/mol. The van der Waals surface area contributed by atoms with Gasteiger partial charge in [0.1, 0.15) is 29.9 Å². The van der Waals surface area contributed by atoms with E-state index in [9.17, 15) is 14.7 Å². The van der Waals surface area contributed by atoms with Crippen LogP contribution < -0.4 is 24.4 Å². The maximum absolute atomic E-state index is 17.1. The Morgan fingerprint density at radius 2 is 1.41 bits per heavy atom. The fraction of sp³-hybridized carbons (Fsp3) is 0.312. The molecule has 3 fully saturated rings. The third-order valence-electron chi connectivity index (χ3n) is 16.2. The van der Waals surface area contributed by atoms with E-state index in [4.69, 9.17) is 28.4 Å². The number of anilines is 1. The van der Waals surface area contributed by atoms with Crippen molar-refractivity contribution in [1.29, 1.82) is 0 Å². The molecule has 1 spiro atoms. The topological polar surface area (TPSA) is 203 Å². The summed E-state index contributed by atoms with van der Waals surface area (Å²) in [6.45, 7) is 3.24. The average molecular weight is 1110 g/mol. The third-order valence-corrected chi connectivity index (χ3v) is 16.2. The van der Waals surface area contributed by atoms with Crippen LogP contribution in [0.2, 0.25) is 0 Å². The number of hydrogen-bond donors (Lipinski definition) is 2. The smallest absolute Gasteiger partial charge is 0.329 e. The van der Waals surface area contributed by atoms with Crippen LogP contribution in [-0.2, 0) is 50.1 Å². The first-order valence-electron chi connectivity index (χ1n) is 27.3. The largest absolute Gasteiger partial charge is 0.491 e. The van der Waals surface area contributed by atoms with Gasteiger partial charge in [0, 0.05) is 50.3 Å². The second-order valence-electron chi connectivity index (χ2n) is 20.7. The first-order valence-corrected chi connectivity index (χ1v) is 27.3. The number of urea groups is 1. The number of aliphatic hydroxyl groups excluding tert-OH is 1. The Bertz CT molecular complexity index is 3440. The molecule has 0 saturated carbocycles. The van der Waals surface area contributed by atoms with Crippen molar-refractivity contribution in [3.63, 3.8) is 0 Å². The molecule has 2 N–H and O–H groups in total. The Labute approximate surface area is 474 Å². The second kappa shape index (κ2) is 23.6. The van der Waals surface area contributed by atoms with Gasteiger partial charge in [0.15, 0.2) is 17.4 Å². The maximum Gasteiger partial charge on any atom is 0.329 e. The number of cyclic esters (lactones) is 1. The monoisotopic (exact) mass is 1110 g/mol. The Kier molecular flexibility index (Phi) is 15.8. The van der Waals surface area contributed by atoms with Gasteiger partial charge >= 0.3 is 23.9 Å². The Balaban J connectivity index is 1.13. The van der Waals surface area contributed by atoms with E-state index in [1.807, 2.05) is 114 Å². The SMILES string of the molecule is COC(=O)C(CC#Cc1ccc2c(c1)C1(C(=O)N2C(=O)NC(C)c2ccccc2)C(C(=O)N2CCN(Cc3ccc4c(c3)OCO4)CC2)C2C(=O)OC(c3ccccc3)C(c3ccccc3)N2C1c1ccccc1OCCO)C(=O)OC. The number of carbonyl (C=O) groups is 6. The highest BCUT2D eigenvalue weighted by Crippen LogP contribution is 2.67. The van der Waals surface area contributed by atoms with Crippen LogP contribution in [0.4, 0.5) is 10.5 Å². The molecule has 3 saturated heterocycles. The number of imide groups is 1. The molecule has 0 aliphatic carbocycles. The number of morpholine rings is 1. The quantitative estimate of drug-likeness (QED) is 0.0490. The van der Waals surface area contributed by atoms with Gasteiger partial charge in [-0.2, -0.15) is 0 Å². The molecule has 11 rings (SSSR count). The number of aliphatic hydroxyl groups is 1. The zero-order valence-corrected chi connectivity index (χ0v) is 45.5. The van der Waals surface area contributed by atoms with Gasteiger partial charge in [-0.05, 0) is 71.1 Å². The minimum Gasteiger partial charge on any atom is -0.491 e. The molecular weight excluding hydrogens is 1050 g/mol. The minimum absolute atomic E-state index is 0.129. The highest BCUT2D eigenvalue weighted by Gasteiger charge is 2.76. The van der Waals surface area contributed by atoms with Crippen LogP contribution in [0.3, 0.4) is 0 Å². The van der Waals surface area contributed by atoms with Gasteiger partial charge in [-0.25, -0.2) is 9.69 Å². The van der Waals surface area contributed by atoms with Crippen LogP contribution in [0.15, 0.2) is 152 Å². The molecule has 4 amide bonds. The van der Waals surface area contributed by atoms with Gasteiger partial charge in [0.05, 0.1) is 50.6 Å². The standard InChI is InChI=1S/C64H61N5O13/c1-40(43-17-7-4-8-18-43)65-63(76)68-49-28-26-41(16-15-24-47(59(72)77-2)60(73)78-3)36-48(49)64(62(68)75)53(58(71)67-32-30-66(31-33-67)38-42-27-29-51-52(37-42)81-39-80-51)55-61(74)82-56(45-21-11-6-12-22-45)54(44-19-9-5-10-20-44)69(55)57(64)46-23-13-14-25-50(46)79-35-34-70/h4-14,17-23,25-29,36-37,40,47,53-57,70H,24,30-35,38-39H2,1-3H3,(H,65,76). The van der Waals surface area contributed by atoms with E-state index in [0.29, 0.717) is 53.4 Å². The first kappa shape index (κ1) is 54.9. The van der Waals surface area contributed by atoms with E-state index in [1.165, 1.54) is 0 Å². The Morgan fingerprint density at radius 1 is 0.756 bits per heavy atom. The number of para-hydroxylation sites is 1. The Morgan fingerprint density at radius 3 is 2.11 bits per heavy atom. The summed E-state index contributed by atoms with van der Waals surface area (Å²) in [5.74, 6) is 0.866. The van der Waals surface area contributed by atoms with E-state index in [1.54, 1.807) is 54.3 Å². The van der Waals surface area contributed by atoms with E-state index in [-0.39, 0.29) is 56.5 Å². The highest BCUT2D eigenvalue weighted by atomic mass is 16.7. The molecule has 6 aromatic carbocycles. The molecule has 7 atom stereocenters. The maximum atomic E-state index is 17.1. The number of amides is 4. The molecule has 420 valence electrons. The summed E-state index contributed by atoms with van der Waals surface area (Å²) < 4.78 is 34.2. The van der Waals surface area contributed by atoms with Crippen molar-refractivity contribution in [2.24, 2.45) is 11.8 Å². The molecule has 82 heavy (non-hydrogen) atoms. The van der Waals surface area contributed by atoms with Crippen LogP contribution in [0.1, 0.15) is 76.5 Å². The average Bonchev–Trinajstić information content (AvgIpc) is 1.65. The van der Waals surface area contributed by atoms with Crippen LogP contribution in [-0.4, -0.2) is 122 Å². The number of nitrogens with zero attached hydrogens (tertiary/aromatic N) is 4. The van der Waals surface area contributed by atoms with Crippen molar-refractivity contribution < 1.29 is 62.3 Å². The lowest BCUT2D eigenvalue weighted by Crippen LogP contribution is -2.59. The van der Waals surface area contributed by atoms with Crippen molar-refractivity contribution in [3.8, 4) is 29.1 Å². The fourth-order valence-corrected chi connectivity index (χ4v) is 12.4. The fourth-order valence-electron chi connectivity index (χ4n) is 12.4. The lowest BCUT2D eigenvalue weighted by atomic mass is 9.64. The summed E-state index contributed by atoms with van der Waals surface area (Å²) in [5, 5.41) is 13.3. The summed E-state index contributed by atoms with van der Waals surface area (Å²) in [7, 11) is 2.31. The van der Waals surface area contributed by atoms with Crippen molar-refractivity contribution >= 4 is 41.4 Å². The second-order valence-corrected chi connectivity index (χ2v) is 20.7. The van der Waals surface area contributed by atoms with Crippen LogP contribution in [0.25, 0.3) is 0 Å². The molecule has 0 aromatic heterocycles. The molecule has 18 heteroatoms. The lowest BCUT2D eigenvalue weighted by molar-refractivity contribution is -0.179. The number of methoxy groups -OCH3 is 2. The summed E-state index contributed by atoms with van der Waals surface area (Å²) in [6, 6.07) is 40.6. The number of hydrogen-bond acceptors (Lipinski definition) is 15. The summed E-state index contributed by atoms with van der Waals surface area (Å²) in [4.78, 5) is 97.7. The Hall–Kier alpha value is -9.02. The number of benzene rings is 6. The van der Waals surface area contributed by atoms with Crippen molar-refractivity contribution in [1.82, 2.24) is 20.0 Å². The molecule has 5 aliphatic heterocycles. The molecule has 7 unspecified atom stereocenters. The number of fused-ring (bicyclic) bond motifs is 4. The van der Waals surface area contributed by atoms with Crippen LogP contribution >= 0.6 is 0 Å². The van der Waals surface area contributed by atoms with E-state index in [0.717, 1.165) is 30.2 Å². The summed E-state index contributed by atoms with van der Waals surface area (Å²) >= 11 is 0. The van der Waals surface area contributed by atoms with E-state index < -0.39 is 83.3 Å². The van der Waals surface area contributed by atoms with Gasteiger partial charge < -0.3 is 43.7 Å². The zero-order chi connectivity index (χ0) is 57.1. The summed E-state index contributed by atoms with van der Waals surface area (Å²) in [6.07, 6.45) is -1.30. The summed E-state index contributed by atoms with van der Waals surface area (Å²) in [5.41, 5.74) is 1.94. The molecule has 18 nitrogen and oxygen atoms in total. The van der Waals surface area contributed by atoms with Crippen molar-refractivity contribution in [2.75, 3.05) is 65.3 Å². The van der Waals surface area contributed by atoms with Gasteiger partial charge in [0.25, 0.3) is 0 Å². The lowest BCUT2D eigenvalue weighted by Gasteiger charge is -2.46. The number of rotatable bonds is 14. The number of nitrogens with one attached hydrogen (secondary N) is 1. The van der Waals surface area contributed by atoms with E-state index >= 15 is 19.2 Å². The highest BCUT2D eigenvalue weighted by molar-refractivity contribution is 6.25. The van der Waals surface area contributed by atoms with Crippen LogP contribution in [0, 0.1) is 23.7 Å². The van der Waals surface area contributed by atoms with E-state index in [2.05, 4.69) is 22.1 Å². The molecule has 0 bridgehead atoms. The molecule has 0 radical (unpaired) electrons. The zero-order valence-electron chi connectivity index (χ0n) is 45.5. The van der Waals surface area contributed by atoms with Crippen molar-refractivity contribution in [2.45, 2.75) is 55.6 Å². The molecule has 5 heterocycles.